The van der Waals surface area contributed by atoms with Gasteiger partial charge in [-0.15, -0.1) is 11.6 Å². The van der Waals surface area contributed by atoms with Crippen molar-refractivity contribution in [1.82, 2.24) is 0 Å². The fraction of sp³-hybridized carbons (Fsp3) is 0.455. The lowest BCUT2D eigenvalue weighted by Gasteiger charge is -2.09. The molecule has 0 radical (unpaired) electrons. The highest BCUT2D eigenvalue weighted by Gasteiger charge is 2.02. The molecular formula is C11H14BrClO. The van der Waals surface area contributed by atoms with E-state index in [0.29, 0.717) is 5.88 Å². The molecule has 0 aromatic heterocycles. The molecule has 0 fully saturated rings. The van der Waals surface area contributed by atoms with Crippen LogP contribution >= 0.6 is 27.5 Å². The third-order valence-electron chi connectivity index (χ3n) is 1.92. The van der Waals surface area contributed by atoms with E-state index in [-0.39, 0.29) is 0 Å². The standard InChI is InChI=1S/C11H14BrClO/c1-2-3-6-14-11-5-4-10(12)7-9(11)8-13/h4-5,7H,2-3,6,8H2,1H3. The summed E-state index contributed by atoms with van der Waals surface area (Å²) < 4.78 is 6.66. The van der Waals surface area contributed by atoms with Crippen LogP contribution in [0.25, 0.3) is 0 Å². The molecule has 0 aliphatic heterocycles. The summed E-state index contributed by atoms with van der Waals surface area (Å²) in [5.74, 6) is 1.39. The first-order valence-corrected chi connectivity index (χ1v) is 6.08. The summed E-state index contributed by atoms with van der Waals surface area (Å²) in [6.07, 6.45) is 2.23. The van der Waals surface area contributed by atoms with E-state index in [4.69, 9.17) is 16.3 Å². The molecule has 1 aromatic carbocycles. The number of halogens is 2. The molecular weight excluding hydrogens is 263 g/mol. The summed E-state index contributed by atoms with van der Waals surface area (Å²) in [5, 5.41) is 0. The molecule has 0 N–H and O–H groups in total. The minimum Gasteiger partial charge on any atom is -0.493 e. The average molecular weight is 278 g/mol. The predicted molar refractivity (Wildman–Crippen MR) is 64.1 cm³/mol. The lowest BCUT2D eigenvalue weighted by Crippen LogP contribution is -1.98. The Hall–Kier alpha value is -0.210. The molecule has 0 unspecified atom stereocenters. The van der Waals surface area contributed by atoms with E-state index in [0.717, 1.165) is 35.2 Å². The Kier molecular flexibility index (Phi) is 5.34. The highest BCUT2D eigenvalue weighted by Crippen LogP contribution is 2.24. The van der Waals surface area contributed by atoms with Crippen LogP contribution in [-0.2, 0) is 5.88 Å². The van der Waals surface area contributed by atoms with Crippen molar-refractivity contribution in [3.05, 3.63) is 28.2 Å². The molecule has 78 valence electrons. The van der Waals surface area contributed by atoms with Crippen LogP contribution in [0.1, 0.15) is 25.3 Å². The molecule has 0 atom stereocenters. The molecule has 0 aliphatic rings. The van der Waals surface area contributed by atoms with Gasteiger partial charge in [0, 0.05) is 10.0 Å². The molecule has 0 aliphatic carbocycles. The van der Waals surface area contributed by atoms with Gasteiger partial charge in [-0.3, -0.25) is 0 Å². The van der Waals surface area contributed by atoms with Crippen LogP contribution in [0.3, 0.4) is 0 Å². The van der Waals surface area contributed by atoms with Crippen LogP contribution in [0.4, 0.5) is 0 Å². The number of rotatable bonds is 5. The summed E-state index contributed by atoms with van der Waals surface area (Å²) in [6.45, 7) is 2.91. The molecule has 0 spiro atoms. The maximum absolute atomic E-state index is 5.82. The van der Waals surface area contributed by atoms with Crippen LogP contribution in [0.5, 0.6) is 5.75 Å². The summed E-state index contributed by atoms with van der Waals surface area (Å²) in [6, 6.07) is 5.92. The molecule has 1 rings (SSSR count). The SMILES string of the molecule is CCCCOc1ccc(Br)cc1CCl. The fourth-order valence-corrected chi connectivity index (χ4v) is 1.74. The van der Waals surface area contributed by atoms with Gasteiger partial charge in [-0.25, -0.2) is 0 Å². The van der Waals surface area contributed by atoms with E-state index in [1.807, 2.05) is 18.2 Å². The topological polar surface area (TPSA) is 9.23 Å². The van der Waals surface area contributed by atoms with Crippen molar-refractivity contribution < 1.29 is 4.74 Å². The molecule has 0 bridgehead atoms. The van der Waals surface area contributed by atoms with Crippen LogP contribution in [0.15, 0.2) is 22.7 Å². The van der Waals surface area contributed by atoms with Gasteiger partial charge >= 0.3 is 0 Å². The van der Waals surface area contributed by atoms with Gasteiger partial charge in [0.25, 0.3) is 0 Å². The van der Waals surface area contributed by atoms with E-state index in [1.54, 1.807) is 0 Å². The van der Waals surface area contributed by atoms with Crippen molar-refractivity contribution in [2.45, 2.75) is 25.6 Å². The molecule has 0 amide bonds. The van der Waals surface area contributed by atoms with Gasteiger partial charge in [-0.05, 0) is 24.6 Å². The summed E-state index contributed by atoms with van der Waals surface area (Å²) >= 11 is 9.22. The maximum atomic E-state index is 5.82. The monoisotopic (exact) mass is 276 g/mol. The van der Waals surface area contributed by atoms with Crippen molar-refractivity contribution in [2.75, 3.05) is 6.61 Å². The van der Waals surface area contributed by atoms with Gasteiger partial charge in [0.1, 0.15) is 5.75 Å². The second-order valence-corrected chi connectivity index (χ2v) is 4.27. The molecule has 1 nitrogen and oxygen atoms in total. The molecule has 0 heterocycles. The van der Waals surface area contributed by atoms with E-state index in [1.165, 1.54) is 0 Å². The molecule has 1 aromatic rings. The van der Waals surface area contributed by atoms with Gasteiger partial charge in [-0.1, -0.05) is 29.3 Å². The maximum Gasteiger partial charge on any atom is 0.123 e. The van der Waals surface area contributed by atoms with Crippen molar-refractivity contribution >= 4 is 27.5 Å². The Morgan fingerprint density at radius 3 is 2.86 bits per heavy atom. The molecule has 14 heavy (non-hydrogen) atoms. The Bertz CT molecular complexity index is 289. The Morgan fingerprint density at radius 1 is 1.43 bits per heavy atom. The minimum absolute atomic E-state index is 0.487. The minimum atomic E-state index is 0.487. The van der Waals surface area contributed by atoms with Gasteiger partial charge in [0.15, 0.2) is 0 Å². The highest BCUT2D eigenvalue weighted by molar-refractivity contribution is 9.10. The zero-order chi connectivity index (χ0) is 10.4. The van der Waals surface area contributed by atoms with E-state index >= 15 is 0 Å². The number of benzene rings is 1. The Balaban J connectivity index is 2.65. The fourth-order valence-electron chi connectivity index (χ4n) is 1.12. The number of hydrogen-bond acceptors (Lipinski definition) is 1. The smallest absolute Gasteiger partial charge is 0.123 e. The van der Waals surface area contributed by atoms with Crippen LogP contribution < -0.4 is 4.74 Å². The lowest BCUT2D eigenvalue weighted by atomic mass is 10.2. The highest BCUT2D eigenvalue weighted by atomic mass is 79.9. The molecule has 0 saturated carbocycles. The quantitative estimate of drug-likeness (QED) is 0.574. The first kappa shape index (κ1) is 11.9. The van der Waals surface area contributed by atoms with Gasteiger partial charge in [0.05, 0.1) is 12.5 Å². The number of hydrogen-bond donors (Lipinski definition) is 0. The van der Waals surface area contributed by atoms with Crippen molar-refractivity contribution in [2.24, 2.45) is 0 Å². The zero-order valence-electron chi connectivity index (χ0n) is 8.22. The normalized spacial score (nSPS) is 10.2. The average Bonchev–Trinajstić information content (AvgIpc) is 2.20. The second kappa shape index (κ2) is 6.31. The molecule has 3 heteroatoms. The first-order chi connectivity index (χ1) is 6.77. The van der Waals surface area contributed by atoms with Gasteiger partial charge < -0.3 is 4.74 Å². The van der Waals surface area contributed by atoms with E-state index in [2.05, 4.69) is 22.9 Å². The van der Waals surface area contributed by atoms with E-state index in [9.17, 15) is 0 Å². The van der Waals surface area contributed by atoms with Crippen molar-refractivity contribution in [1.29, 1.82) is 0 Å². The number of unbranched alkanes of at least 4 members (excludes halogenated alkanes) is 1. The third kappa shape index (κ3) is 3.50. The Labute approximate surface area is 98.5 Å². The predicted octanol–water partition coefficient (Wildman–Crippen LogP) is 4.37. The second-order valence-electron chi connectivity index (χ2n) is 3.09. The lowest BCUT2D eigenvalue weighted by molar-refractivity contribution is 0.307. The van der Waals surface area contributed by atoms with Crippen LogP contribution in [0.2, 0.25) is 0 Å². The van der Waals surface area contributed by atoms with Crippen LogP contribution in [-0.4, -0.2) is 6.61 Å². The first-order valence-electron chi connectivity index (χ1n) is 4.75. The zero-order valence-corrected chi connectivity index (χ0v) is 10.6. The molecule has 0 saturated heterocycles. The van der Waals surface area contributed by atoms with Gasteiger partial charge in [-0.2, -0.15) is 0 Å². The number of ether oxygens (including phenoxy) is 1. The van der Waals surface area contributed by atoms with Gasteiger partial charge in [0.2, 0.25) is 0 Å². The van der Waals surface area contributed by atoms with E-state index < -0.39 is 0 Å². The third-order valence-corrected chi connectivity index (χ3v) is 2.70. The van der Waals surface area contributed by atoms with Crippen LogP contribution in [0, 0.1) is 0 Å². The summed E-state index contributed by atoms with van der Waals surface area (Å²) in [5.41, 5.74) is 1.04. The largest absolute Gasteiger partial charge is 0.493 e. The summed E-state index contributed by atoms with van der Waals surface area (Å²) in [4.78, 5) is 0. The Morgan fingerprint density at radius 2 is 2.21 bits per heavy atom. The van der Waals surface area contributed by atoms with Crippen molar-refractivity contribution in [3.63, 3.8) is 0 Å². The summed E-state index contributed by atoms with van der Waals surface area (Å²) in [7, 11) is 0. The van der Waals surface area contributed by atoms with Crippen molar-refractivity contribution in [3.8, 4) is 5.75 Å². The number of alkyl halides is 1.